The maximum absolute atomic E-state index is 3.53. The van der Waals surface area contributed by atoms with E-state index in [0.29, 0.717) is 0 Å². The van der Waals surface area contributed by atoms with Crippen molar-refractivity contribution in [1.29, 1.82) is 0 Å². The fraction of sp³-hybridized carbons (Fsp3) is 0.333. The lowest BCUT2D eigenvalue weighted by molar-refractivity contribution is 1.09. The highest BCUT2D eigenvalue weighted by Crippen LogP contribution is 2.23. The number of hydrogen-bond donors (Lipinski definition) is 1. The summed E-state index contributed by atoms with van der Waals surface area (Å²) in [5, 5.41) is 3.53. The van der Waals surface area contributed by atoms with Crippen LogP contribution in [0.25, 0.3) is 0 Å². The van der Waals surface area contributed by atoms with Crippen molar-refractivity contribution in [3.8, 4) is 0 Å². The van der Waals surface area contributed by atoms with Crippen molar-refractivity contribution in [1.82, 2.24) is 0 Å². The predicted molar refractivity (Wildman–Crippen MR) is 84.3 cm³/mol. The van der Waals surface area contributed by atoms with E-state index in [0.717, 1.165) is 24.9 Å². The monoisotopic (exact) mass is 253 g/mol. The summed E-state index contributed by atoms with van der Waals surface area (Å²) in [5.41, 5.74) is 6.56. The van der Waals surface area contributed by atoms with Crippen LogP contribution in [0.3, 0.4) is 0 Å². The van der Waals surface area contributed by atoms with Crippen LogP contribution in [0.2, 0.25) is 0 Å². The van der Waals surface area contributed by atoms with Crippen LogP contribution in [0.4, 0.5) is 11.4 Å². The second-order valence-electron chi connectivity index (χ2n) is 4.87. The van der Waals surface area contributed by atoms with Gasteiger partial charge in [0.1, 0.15) is 0 Å². The second-order valence-corrected chi connectivity index (χ2v) is 4.87. The summed E-state index contributed by atoms with van der Waals surface area (Å²) in [7, 11) is 0. The van der Waals surface area contributed by atoms with E-state index in [1.165, 1.54) is 22.4 Å². The van der Waals surface area contributed by atoms with Gasteiger partial charge in [-0.25, -0.2) is 0 Å². The van der Waals surface area contributed by atoms with Crippen molar-refractivity contribution in [2.75, 3.05) is 5.32 Å². The molecule has 0 fully saturated rings. The highest BCUT2D eigenvalue weighted by Gasteiger charge is 2.02. The Morgan fingerprint density at radius 2 is 1.37 bits per heavy atom. The smallest absolute Gasteiger partial charge is 0.0416 e. The van der Waals surface area contributed by atoms with Gasteiger partial charge >= 0.3 is 0 Å². The molecule has 0 aromatic heterocycles. The van der Waals surface area contributed by atoms with E-state index in [4.69, 9.17) is 0 Å². The minimum absolute atomic E-state index is 1.06. The predicted octanol–water partition coefficient (Wildman–Crippen LogP) is 5.12. The number of anilines is 2. The zero-order valence-corrected chi connectivity index (χ0v) is 12.2. The van der Waals surface area contributed by atoms with Crippen molar-refractivity contribution in [3.63, 3.8) is 0 Å². The van der Waals surface area contributed by atoms with Gasteiger partial charge in [-0.15, -0.1) is 0 Å². The van der Waals surface area contributed by atoms with Gasteiger partial charge in [-0.2, -0.15) is 0 Å². The molecule has 2 aromatic rings. The third kappa shape index (κ3) is 3.37. The lowest BCUT2D eigenvalue weighted by Gasteiger charge is -2.13. The van der Waals surface area contributed by atoms with Crippen LogP contribution in [0.5, 0.6) is 0 Å². The first kappa shape index (κ1) is 13.7. The molecule has 0 unspecified atom stereocenters. The number of rotatable bonds is 5. The fourth-order valence-electron chi connectivity index (χ4n) is 2.26. The molecule has 1 nitrogen and oxygen atoms in total. The van der Waals surface area contributed by atoms with Crippen molar-refractivity contribution >= 4 is 11.4 Å². The number of aryl methyl sites for hydroxylation is 3. The van der Waals surface area contributed by atoms with Crippen molar-refractivity contribution in [2.24, 2.45) is 0 Å². The first-order chi connectivity index (χ1) is 9.26. The molecule has 0 aliphatic rings. The molecule has 0 amide bonds. The number of benzene rings is 2. The zero-order chi connectivity index (χ0) is 13.7. The highest BCUT2D eigenvalue weighted by atomic mass is 14.9. The third-order valence-corrected chi connectivity index (χ3v) is 3.60. The van der Waals surface area contributed by atoms with E-state index < -0.39 is 0 Å². The summed E-state index contributed by atoms with van der Waals surface area (Å²) in [6.45, 7) is 6.59. The molecule has 0 radical (unpaired) electrons. The average molecular weight is 253 g/mol. The summed E-state index contributed by atoms with van der Waals surface area (Å²) in [6, 6.07) is 15.4. The normalized spacial score (nSPS) is 10.5. The lowest BCUT2D eigenvalue weighted by atomic mass is 10.0. The SMILES string of the molecule is CCc1ccc(Nc2ccc(CC)cc2CC)cc1. The summed E-state index contributed by atoms with van der Waals surface area (Å²) < 4.78 is 0. The fourth-order valence-corrected chi connectivity index (χ4v) is 2.26. The standard InChI is InChI=1S/C18H23N/c1-4-14-7-10-17(11-8-14)19-18-12-9-15(5-2)13-16(18)6-3/h7-13,19H,4-6H2,1-3H3. The Morgan fingerprint density at radius 1 is 0.737 bits per heavy atom. The van der Waals surface area contributed by atoms with Crippen molar-refractivity contribution < 1.29 is 0 Å². The van der Waals surface area contributed by atoms with Crippen molar-refractivity contribution in [3.05, 3.63) is 59.2 Å². The molecule has 0 atom stereocenters. The first-order valence-corrected chi connectivity index (χ1v) is 7.24. The van der Waals surface area contributed by atoms with Gasteiger partial charge in [0.25, 0.3) is 0 Å². The van der Waals surface area contributed by atoms with E-state index in [9.17, 15) is 0 Å². The van der Waals surface area contributed by atoms with Crippen LogP contribution in [0.1, 0.15) is 37.5 Å². The maximum Gasteiger partial charge on any atom is 0.0416 e. The summed E-state index contributed by atoms with van der Waals surface area (Å²) in [6.07, 6.45) is 3.24. The zero-order valence-electron chi connectivity index (χ0n) is 12.2. The van der Waals surface area contributed by atoms with E-state index in [-0.39, 0.29) is 0 Å². The molecular weight excluding hydrogens is 230 g/mol. The quantitative estimate of drug-likeness (QED) is 0.780. The third-order valence-electron chi connectivity index (χ3n) is 3.60. The van der Waals surface area contributed by atoms with Gasteiger partial charge in [-0.3, -0.25) is 0 Å². The summed E-state index contributed by atoms with van der Waals surface area (Å²) in [4.78, 5) is 0. The van der Waals surface area contributed by atoms with Crippen LogP contribution in [0, 0.1) is 0 Å². The molecule has 0 bridgehead atoms. The van der Waals surface area contributed by atoms with Gasteiger partial charge in [0.15, 0.2) is 0 Å². The Hall–Kier alpha value is -1.76. The van der Waals surface area contributed by atoms with Crippen molar-refractivity contribution in [2.45, 2.75) is 40.0 Å². The first-order valence-electron chi connectivity index (χ1n) is 7.24. The molecule has 19 heavy (non-hydrogen) atoms. The minimum atomic E-state index is 1.06. The molecule has 0 heterocycles. The van der Waals surface area contributed by atoms with Gasteiger partial charge in [-0.05, 0) is 54.2 Å². The van der Waals surface area contributed by atoms with Gasteiger partial charge in [-0.1, -0.05) is 45.0 Å². The Morgan fingerprint density at radius 3 is 1.95 bits per heavy atom. The molecular formula is C18H23N. The molecule has 0 spiro atoms. The van der Waals surface area contributed by atoms with Gasteiger partial charge in [0, 0.05) is 11.4 Å². The van der Waals surface area contributed by atoms with Gasteiger partial charge in [0.05, 0.1) is 0 Å². The van der Waals surface area contributed by atoms with Gasteiger partial charge < -0.3 is 5.32 Å². The molecule has 0 saturated heterocycles. The Balaban J connectivity index is 2.21. The minimum Gasteiger partial charge on any atom is -0.355 e. The Labute approximate surface area is 116 Å². The van der Waals surface area contributed by atoms with Crippen LogP contribution < -0.4 is 5.32 Å². The van der Waals surface area contributed by atoms with Crippen LogP contribution in [-0.2, 0) is 19.3 Å². The van der Waals surface area contributed by atoms with Crippen LogP contribution in [0.15, 0.2) is 42.5 Å². The second kappa shape index (κ2) is 6.42. The summed E-state index contributed by atoms with van der Waals surface area (Å²) in [5.74, 6) is 0. The largest absolute Gasteiger partial charge is 0.355 e. The van der Waals surface area contributed by atoms with E-state index >= 15 is 0 Å². The maximum atomic E-state index is 3.53. The van der Waals surface area contributed by atoms with Crippen LogP contribution in [-0.4, -0.2) is 0 Å². The average Bonchev–Trinajstić information content (AvgIpc) is 2.48. The Kier molecular flexibility index (Phi) is 4.62. The van der Waals surface area contributed by atoms with Gasteiger partial charge in [0.2, 0.25) is 0 Å². The molecule has 2 rings (SSSR count). The molecule has 1 N–H and O–H groups in total. The van der Waals surface area contributed by atoms with E-state index in [1.807, 2.05) is 0 Å². The molecule has 0 saturated carbocycles. The Bertz CT molecular complexity index is 526. The highest BCUT2D eigenvalue weighted by molar-refractivity contribution is 5.64. The topological polar surface area (TPSA) is 12.0 Å². The molecule has 0 aliphatic carbocycles. The van der Waals surface area contributed by atoms with Crippen LogP contribution >= 0.6 is 0 Å². The van der Waals surface area contributed by atoms with E-state index in [1.54, 1.807) is 0 Å². The number of nitrogens with one attached hydrogen (secondary N) is 1. The molecule has 1 heteroatoms. The number of hydrogen-bond acceptors (Lipinski definition) is 1. The molecule has 100 valence electrons. The molecule has 0 aliphatic heterocycles. The van der Waals surface area contributed by atoms with E-state index in [2.05, 4.69) is 68.6 Å². The summed E-state index contributed by atoms with van der Waals surface area (Å²) >= 11 is 0. The molecule has 2 aromatic carbocycles. The lowest BCUT2D eigenvalue weighted by Crippen LogP contribution is -1.97.